The molecule has 0 amide bonds. The van der Waals surface area contributed by atoms with Crippen LogP contribution in [0, 0.1) is 19.3 Å². The SMILES string of the molecule is C#CCN(C/C=C/CC=C)S(=O)(=O)c1ccc(C)cc1. The molecule has 0 heterocycles. The van der Waals surface area contributed by atoms with E-state index in [4.69, 9.17) is 6.42 Å². The van der Waals surface area contributed by atoms with E-state index in [0.717, 1.165) is 5.56 Å². The van der Waals surface area contributed by atoms with E-state index in [2.05, 4.69) is 12.5 Å². The van der Waals surface area contributed by atoms with Crippen LogP contribution in [0.3, 0.4) is 0 Å². The topological polar surface area (TPSA) is 37.4 Å². The Morgan fingerprint density at radius 1 is 1.30 bits per heavy atom. The molecule has 0 aliphatic rings. The van der Waals surface area contributed by atoms with Crippen molar-refractivity contribution in [2.45, 2.75) is 18.2 Å². The average molecular weight is 289 g/mol. The maximum Gasteiger partial charge on any atom is 0.244 e. The number of hydrogen-bond donors (Lipinski definition) is 0. The van der Waals surface area contributed by atoms with Crippen LogP contribution < -0.4 is 0 Å². The van der Waals surface area contributed by atoms with Gasteiger partial charge in [-0.1, -0.05) is 41.8 Å². The molecule has 0 bridgehead atoms. The zero-order chi connectivity index (χ0) is 15.0. The van der Waals surface area contributed by atoms with Crippen molar-refractivity contribution in [1.29, 1.82) is 0 Å². The van der Waals surface area contributed by atoms with Gasteiger partial charge in [0.2, 0.25) is 10.0 Å². The molecule has 0 aromatic heterocycles. The molecule has 3 nitrogen and oxygen atoms in total. The van der Waals surface area contributed by atoms with Gasteiger partial charge in [0, 0.05) is 6.54 Å². The van der Waals surface area contributed by atoms with E-state index in [0.29, 0.717) is 6.42 Å². The fraction of sp³-hybridized carbons (Fsp3) is 0.250. The Kier molecular flexibility index (Phi) is 6.23. The van der Waals surface area contributed by atoms with Crippen LogP contribution in [0.2, 0.25) is 0 Å². The lowest BCUT2D eigenvalue weighted by Gasteiger charge is -2.18. The summed E-state index contributed by atoms with van der Waals surface area (Å²) < 4.78 is 26.2. The predicted molar refractivity (Wildman–Crippen MR) is 82.7 cm³/mol. The van der Waals surface area contributed by atoms with Crippen molar-refractivity contribution in [1.82, 2.24) is 4.31 Å². The summed E-state index contributed by atoms with van der Waals surface area (Å²) in [6.45, 7) is 5.82. The van der Waals surface area contributed by atoms with E-state index < -0.39 is 10.0 Å². The average Bonchev–Trinajstić information content (AvgIpc) is 2.42. The third-order valence-corrected chi connectivity index (χ3v) is 4.53. The number of terminal acetylenes is 1. The molecule has 0 unspecified atom stereocenters. The smallest absolute Gasteiger partial charge is 0.207 e. The van der Waals surface area contributed by atoms with E-state index in [9.17, 15) is 8.42 Å². The van der Waals surface area contributed by atoms with Crippen LogP contribution in [0.4, 0.5) is 0 Å². The van der Waals surface area contributed by atoms with Gasteiger partial charge in [-0.2, -0.15) is 4.31 Å². The van der Waals surface area contributed by atoms with E-state index >= 15 is 0 Å². The maximum atomic E-state index is 12.5. The number of nitrogens with zero attached hydrogens (tertiary/aromatic N) is 1. The molecular weight excluding hydrogens is 270 g/mol. The van der Waals surface area contributed by atoms with Crippen LogP contribution in [-0.2, 0) is 10.0 Å². The first-order valence-corrected chi connectivity index (χ1v) is 7.72. The van der Waals surface area contributed by atoms with E-state index in [1.807, 2.05) is 13.0 Å². The van der Waals surface area contributed by atoms with Crippen molar-refractivity contribution in [3.05, 3.63) is 54.6 Å². The molecule has 0 aliphatic carbocycles. The van der Waals surface area contributed by atoms with E-state index in [-0.39, 0.29) is 18.0 Å². The number of sulfonamides is 1. The molecule has 0 saturated carbocycles. The molecule has 0 aliphatic heterocycles. The fourth-order valence-electron chi connectivity index (χ4n) is 1.59. The van der Waals surface area contributed by atoms with Gasteiger partial charge in [0.05, 0.1) is 11.4 Å². The van der Waals surface area contributed by atoms with Crippen LogP contribution in [0.15, 0.2) is 54.0 Å². The van der Waals surface area contributed by atoms with Gasteiger partial charge in [0.25, 0.3) is 0 Å². The summed E-state index contributed by atoms with van der Waals surface area (Å²) in [5.74, 6) is 2.39. The monoisotopic (exact) mass is 289 g/mol. The molecule has 0 fully saturated rings. The minimum absolute atomic E-state index is 0.0502. The minimum Gasteiger partial charge on any atom is -0.207 e. The summed E-state index contributed by atoms with van der Waals surface area (Å²) in [5, 5.41) is 0. The van der Waals surface area contributed by atoms with Crippen LogP contribution in [0.1, 0.15) is 12.0 Å². The lowest BCUT2D eigenvalue weighted by atomic mass is 10.2. The highest BCUT2D eigenvalue weighted by Gasteiger charge is 2.22. The Hall–Kier alpha value is -1.83. The van der Waals surface area contributed by atoms with Gasteiger partial charge in [-0.15, -0.1) is 13.0 Å². The number of hydrogen-bond acceptors (Lipinski definition) is 2. The van der Waals surface area contributed by atoms with Crippen molar-refractivity contribution >= 4 is 10.0 Å². The molecule has 0 radical (unpaired) electrons. The first-order chi connectivity index (χ1) is 9.52. The Morgan fingerprint density at radius 3 is 2.50 bits per heavy atom. The predicted octanol–water partition coefficient (Wildman–Crippen LogP) is 2.75. The fourth-order valence-corrected chi connectivity index (χ4v) is 2.90. The van der Waals surface area contributed by atoms with Gasteiger partial charge < -0.3 is 0 Å². The number of allylic oxidation sites excluding steroid dienone is 2. The highest BCUT2D eigenvalue weighted by atomic mass is 32.2. The summed E-state index contributed by atoms with van der Waals surface area (Å²) in [6, 6.07) is 6.74. The molecule has 4 heteroatoms. The second-order valence-electron chi connectivity index (χ2n) is 4.31. The lowest BCUT2D eigenvalue weighted by Crippen LogP contribution is -2.31. The van der Waals surface area contributed by atoms with Crippen LogP contribution >= 0.6 is 0 Å². The Labute approximate surface area is 121 Å². The van der Waals surface area contributed by atoms with Gasteiger partial charge in [0.15, 0.2) is 0 Å². The zero-order valence-corrected chi connectivity index (χ0v) is 12.4. The van der Waals surface area contributed by atoms with Crippen molar-refractivity contribution < 1.29 is 8.42 Å². The molecular formula is C16H19NO2S. The Morgan fingerprint density at radius 2 is 1.95 bits per heavy atom. The van der Waals surface area contributed by atoms with E-state index in [1.54, 1.807) is 36.4 Å². The molecule has 106 valence electrons. The maximum absolute atomic E-state index is 12.5. The number of aryl methyl sites for hydroxylation is 1. The van der Waals surface area contributed by atoms with Crippen molar-refractivity contribution in [2.75, 3.05) is 13.1 Å². The lowest BCUT2D eigenvalue weighted by molar-refractivity contribution is 0.478. The first-order valence-electron chi connectivity index (χ1n) is 6.28. The van der Waals surface area contributed by atoms with Crippen molar-refractivity contribution in [3.8, 4) is 12.3 Å². The Bertz CT molecular complexity index is 607. The van der Waals surface area contributed by atoms with E-state index in [1.165, 1.54) is 4.31 Å². The highest BCUT2D eigenvalue weighted by molar-refractivity contribution is 7.89. The molecule has 0 saturated heterocycles. The van der Waals surface area contributed by atoms with Crippen molar-refractivity contribution in [3.63, 3.8) is 0 Å². The van der Waals surface area contributed by atoms with Gasteiger partial charge in [-0.25, -0.2) is 8.42 Å². The minimum atomic E-state index is -3.55. The van der Waals surface area contributed by atoms with Gasteiger partial charge >= 0.3 is 0 Å². The summed E-state index contributed by atoms with van der Waals surface area (Å²) in [5.41, 5.74) is 1.01. The zero-order valence-electron chi connectivity index (χ0n) is 11.6. The van der Waals surface area contributed by atoms with Crippen molar-refractivity contribution in [2.24, 2.45) is 0 Å². The molecule has 0 atom stereocenters. The van der Waals surface area contributed by atoms with Gasteiger partial charge in [-0.3, -0.25) is 0 Å². The van der Waals surface area contributed by atoms with Crippen LogP contribution in [0.5, 0.6) is 0 Å². The van der Waals surface area contributed by atoms with Crippen LogP contribution in [-0.4, -0.2) is 25.8 Å². The summed E-state index contributed by atoms with van der Waals surface area (Å²) in [7, 11) is -3.55. The Balaban J connectivity index is 2.97. The van der Waals surface area contributed by atoms with Crippen LogP contribution in [0.25, 0.3) is 0 Å². The summed E-state index contributed by atoms with van der Waals surface area (Å²) >= 11 is 0. The first kappa shape index (κ1) is 16.2. The van der Waals surface area contributed by atoms with Gasteiger partial charge in [0.1, 0.15) is 0 Å². The summed E-state index contributed by atoms with van der Waals surface area (Å²) in [4.78, 5) is 0.260. The molecule has 0 N–H and O–H groups in total. The number of benzene rings is 1. The molecule has 1 aromatic rings. The second kappa shape index (κ2) is 7.68. The summed E-state index contributed by atoms with van der Waals surface area (Å²) in [6.07, 6.45) is 11.4. The molecule has 0 spiro atoms. The third kappa shape index (κ3) is 4.37. The normalized spacial score (nSPS) is 11.7. The standard InChI is InChI=1S/C16H19NO2S/c1-4-6-7-8-14-17(13-5-2)20(18,19)16-11-9-15(3)10-12-16/h2,4,7-12H,1,6,13-14H2,3H3/b8-7+. The second-order valence-corrected chi connectivity index (χ2v) is 6.25. The quantitative estimate of drug-likeness (QED) is 0.572. The highest BCUT2D eigenvalue weighted by Crippen LogP contribution is 2.16. The third-order valence-electron chi connectivity index (χ3n) is 2.70. The molecule has 1 rings (SSSR count). The number of rotatable bonds is 7. The molecule has 1 aromatic carbocycles. The largest absolute Gasteiger partial charge is 0.244 e. The molecule has 20 heavy (non-hydrogen) atoms. The van der Waals surface area contributed by atoms with Gasteiger partial charge in [-0.05, 0) is 25.5 Å².